The van der Waals surface area contributed by atoms with E-state index in [9.17, 15) is 18.0 Å². The Morgan fingerprint density at radius 3 is 2.65 bits per heavy atom. The van der Waals surface area contributed by atoms with Gasteiger partial charge in [0.1, 0.15) is 17.1 Å². The fourth-order valence-electron chi connectivity index (χ4n) is 3.64. The summed E-state index contributed by atoms with van der Waals surface area (Å²) in [6.07, 6.45) is -3.62. The standard InChI is InChI=1S/C22H21F3N4O2/c1-13-6-8-15(9-7-13)27-21(30)17-12-26-29-19(22(23,24)25)11-18(28-20(17)29)14-4-3-5-16(10-14)31-2/h3-10,12,18-19,28H,11H2,1-2H3,(H,27,30). The summed E-state index contributed by atoms with van der Waals surface area (Å²) in [4.78, 5) is 12.8. The Morgan fingerprint density at radius 1 is 1.23 bits per heavy atom. The molecule has 0 fully saturated rings. The molecule has 2 aromatic carbocycles. The minimum Gasteiger partial charge on any atom is -0.497 e. The van der Waals surface area contributed by atoms with E-state index in [1.807, 2.05) is 19.1 Å². The number of nitrogens with zero attached hydrogens (tertiary/aromatic N) is 2. The Hall–Kier alpha value is -3.49. The van der Waals surface area contributed by atoms with Gasteiger partial charge in [0.15, 0.2) is 6.04 Å². The number of benzene rings is 2. The van der Waals surface area contributed by atoms with Gasteiger partial charge in [-0.05, 0) is 36.8 Å². The summed E-state index contributed by atoms with van der Waals surface area (Å²) in [5.41, 5.74) is 2.24. The van der Waals surface area contributed by atoms with E-state index < -0.39 is 24.2 Å². The number of carbonyl (C=O) groups excluding carboxylic acids is 1. The summed E-state index contributed by atoms with van der Waals surface area (Å²) in [7, 11) is 1.49. The van der Waals surface area contributed by atoms with Crippen LogP contribution >= 0.6 is 0 Å². The Labute approximate surface area is 177 Å². The number of methoxy groups -OCH3 is 1. The molecule has 6 nitrogen and oxygen atoms in total. The number of aryl methyl sites for hydroxylation is 1. The lowest BCUT2D eigenvalue weighted by molar-refractivity contribution is -0.173. The molecule has 2 N–H and O–H groups in total. The number of hydrogen-bond acceptors (Lipinski definition) is 4. The number of fused-ring (bicyclic) bond motifs is 1. The molecule has 0 radical (unpaired) electrons. The Bertz CT molecular complexity index is 1090. The maximum atomic E-state index is 13.8. The van der Waals surface area contributed by atoms with Crippen LogP contribution in [-0.2, 0) is 0 Å². The molecule has 0 saturated heterocycles. The molecule has 1 aliphatic rings. The molecule has 162 valence electrons. The van der Waals surface area contributed by atoms with Gasteiger partial charge in [0.25, 0.3) is 5.91 Å². The highest BCUT2D eigenvalue weighted by atomic mass is 19.4. The highest BCUT2D eigenvalue weighted by molar-refractivity contribution is 6.07. The van der Waals surface area contributed by atoms with Gasteiger partial charge < -0.3 is 15.4 Å². The largest absolute Gasteiger partial charge is 0.497 e. The van der Waals surface area contributed by atoms with E-state index >= 15 is 0 Å². The third-order valence-corrected chi connectivity index (χ3v) is 5.29. The van der Waals surface area contributed by atoms with Crippen molar-refractivity contribution < 1.29 is 22.7 Å². The highest BCUT2D eigenvalue weighted by Gasteiger charge is 2.47. The van der Waals surface area contributed by atoms with Crippen molar-refractivity contribution in [3.8, 4) is 5.75 Å². The molecule has 0 bridgehead atoms. The van der Waals surface area contributed by atoms with Crippen LogP contribution in [0.1, 0.15) is 40.0 Å². The number of rotatable bonds is 4. The second-order valence-corrected chi connectivity index (χ2v) is 7.44. The second-order valence-electron chi connectivity index (χ2n) is 7.44. The molecular formula is C22H21F3N4O2. The van der Waals surface area contributed by atoms with Crippen LogP contribution in [0, 0.1) is 6.92 Å². The maximum absolute atomic E-state index is 13.8. The third-order valence-electron chi connectivity index (χ3n) is 5.29. The molecule has 2 unspecified atom stereocenters. The van der Waals surface area contributed by atoms with Gasteiger partial charge in [-0.3, -0.25) is 4.79 Å². The van der Waals surface area contributed by atoms with Crippen LogP contribution in [0.25, 0.3) is 0 Å². The van der Waals surface area contributed by atoms with E-state index in [0.29, 0.717) is 17.0 Å². The van der Waals surface area contributed by atoms with E-state index in [4.69, 9.17) is 4.74 Å². The number of amides is 1. The van der Waals surface area contributed by atoms with Gasteiger partial charge in [0.05, 0.1) is 19.3 Å². The fourth-order valence-corrected chi connectivity index (χ4v) is 3.64. The molecule has 31 heavy (non-hydrogen) atoms. The number of alkyl halides is 3. The van der Waals surface area contributed by atoms with Crippen LogP contribution in [0.15, 0.2) is 54.7 Å². The molecule has 0 saturated carbocycles. The first-order valence-corrected chi connectivity index (χ1v) is 9.69. The average Bonchev–Trinajstić information content (AvgIpc) is 3.18. The number of hydrogen-bond donors (Lipinski definition) is 2. The zero-order valence-corrected chi connectivity index (χ0v) is 16.9. The summed E-state index contributed by atoms with van der Waals surface area (Å²) in [5, 5.41) is 9.68. The zero-order chi connectivity index (χ0) is 22.2. The summed E-state index contributed by atoms with van der Waals surface area (Å²) in [6.45, 7) is 1.92. The van der Waals surface area contributed by atoms with Gasteiger partial charge in [-0.15, -0.1) is 0 Å². The molecule has 4 rings (SSSR count). The van der Waals surface area contributed by atoms with Crippen molar-refractivity contribution in [2.45, 2.75) is 31.6 Å². The van der Waals surface area contributed by atoms with Crippen LogP contribution in [0.5, 0.6) is 5.75 Å². The number of aromatic nitrogens is 2. The van der Waals surface area contributed by atoms with E-state index in [-0.39, 0.29) is 17.8 Å². The smallest absolute Gasteiger partial charge is 0.410 e. The van der Waals surface area contributed by atoms with Crippen LogP contribution in [-0.4, -0.2) is 29.0 Å². The van der Waals surface area contributed by atoms with Gasteiger partial charge in [0, 0.05) is 12.1 Å². The Kier molecular flexibility index (Phi) is 5.34. The Balaban J connectivity index is 1.68. The molecule has 1 aromatic heterocycles. The number of nitrogens with one attached hydrogen (secondary N) is 2. The van der Waals surface area contributed by atoms with Crippen LogP contribution in [0.4, 0.5) is 24.7 Å². The lowest BCUT2D eigenvalue weighted by atomic mass is 9.96. The molecular weight excluding hydrogens is 409 g/mol. The van der Waals surface area contributed by atoms with Crippen molar-refractivity contribution in [1.82, 2.24) is 9.78 Å². The molecule has 2 atom stereocenters. The second kappa shape index (κ2) is 7.98. The van der Waals surface area contributed by atoms with Gasteiger partial charge in [-0.2, -0.15) is 18.3 Å². The van der Waals surface area contributed by atoms with Gasteiger partial charge in [-0.25, -0.2) is 4.68 Å². The Morgan fingerprint density at radius 2 is 1.97 bits per heavy atom. The first-order valence-electron chi connectivity index (χ1n) is 9.69. The zero-order valence-electron chi connectivity index (χ0n) is 16.9. The third kappa shape index (κ3) is 4.21. The summed E-state index contributed by atoms with van der Waals surface area (Å²) >= 11 is 0. The van der Waals surface area contributed by atoms with Crippen molar-refractivity contribution in [3.63, 3.8) is 0 Å². The predicted molar refractivity (Wildman–Crippen MR) is 110 cm³/mol. The molecule has 1 amide bonds. The van der Waals surface area contributed by atoms with Crippen molar-refractivity contribution in [1.29, 1.82) is 0 Å². The SMILES string of the molecule is COc1cccc(C2CC(C(F)(F)F)n3ncc(C(=O)Nc4ccc(C)cc4)c3N2)c1. The van der Waals surface area contributed by atoms with Crippen molar-refractivity contribution in [2.75, 3.05) is 17.7 Å². The number of carbonyl (C=O) groups is 1. The first-order chi connectivity index (χ1) is 14.8. The lowest BCUT2D eigenvalue weighted by Crippen LogP contribution is -2.36. The summed E-state index contributed by atoms with van der Waals surface area (Å²) in [6, 6.07) is 11.4. The van der Waals surface area contributed by atoms with E-state index in [1.165, 1.54) is 13.3 Å². The van der Waals surface area contributed by atoms with Crippen molar-refractivity contribution in [3.05, 3.63) is 71.4 Å². The minimum atomic E-state index is -4.52. The van der Waals surface area contributed by atoms with Gasteiger partial charge >= 0.3 is 6.18 Å². The monoisotopic (exact) mass is 430 g/mol. The van der Waals surface area contributed by atoms with Crippen LogP contribution in [0.3, 0.4) is 0 Å². The number of halogens is 3. The molecule has 0 spiro atoms. The predicted octanol–water partition coefficient (Wildman–Crippen LogP) is 5.11. The van der Waals surface area contributed by atoms with Crippen molar-refractivity contribution >= 4 is 17.4 Å². The number of ether oxygens (including phenoxy) is 1. The van der Waals surface area contributed by atoms with E-state index in [1.54, 1.807) is 36.4 Å². The molecule has 2 heterocycles. The van der Waals surface area contributed by atoms with Gasteiger partial charge in [0.2, 0.25) is 0 Å². The molecule has 0 aliphatic carbocycles. The minimum absolute atomic E-state index is 0.0333. The molecule has 9 heteroatoms. The quantitative estimate of drug-likeness (QED) is 0.603. The lowest BCUT2D eigenvalue weighted by Gasteiger charge is -2.34. The average molecular weight is 430 g/mol. The highest BCUT2D eigenvalue weighted by Crippen LogP contribution is 2.44. The fraction of sp³-hybridized carbons (Fsp3) is 0.273. The first kappa shape index (κ1) is 20.8. The van der Waals surface area contributed by atoms with Crippen LogP contribution in [0.2, 0.25) is 0 Å². The topological polar surface area (TPSA) is 68.2 Å². The molecule has 1 aliphatic heterocycles. The normalized spacial score (nSPS) is 18.1. The summed E-state index contributed by atoms with van der Waals surface area (Å²) < 4.78 is 47.6. The summed E-state index contributed by atoms with van der Waals surface area (Å²) in [5.74, 6) is 0.0371. The van der Waals surface area contributed by atoms with Crippen molar-refractivity contribution in [2.24, 2.45) is 0 Å². The maximum Gasteiger partial charge on any atom is 0.410 e. The van der Waals surface area contributed by atoms with Crippen LogP contribution < -0.4 is 15.4 Å². The van der Waals surface area contributed by atoms with E-state index in [2.05, 4.69) is 15.7 Å². The van der Waals surface area contributed by atoms with Gasteiger partial charge in [-0.1, -0.05) is 29.8 Å². The number of anilines is 2. The van der Waals surface area contributed by atoms with E-state index in [0.717, 1.165) is 10.2 Å². The molecule has 3 aromatic rings.